The lowest BCUT2D eigenvalue weighted by Gasteiger charge is -1.99. The monoisotopic (exact) mass is 160 g/mol. The van der Waals surface area contributed by atoms with Crippen LogP contribution in [0, 0.1) is 18.3 Å². The van der Waals surface area contributed by atoms with Gasteiger partial charge in [-0.3, -0.25) is 4.98 Å². The van der Waals surface area contributed by atoms with Crippen LogP contribution in [0.15, 0.2) is 12.3 Å². The van der Waals surface area contributed by atoms with Gasteiger partial charge in [0.25, 0.3) is 0 Å². The van der Waals surface area contributed by atoms with Crippen molar-refractivity contribution >= 4 is 0 Å². The quantitative estimate of drug-likeness (QED) is 0.665. The molecule has 1 aromatic rings. The van der Waals surface area contributed by atoms with Gasteiger partial charge in [0.15, 0.2) is 0 Å². The summed E-state index contributed by atoms with van der Waals surface area (Å²) in [5.74, 6) is 0. The minimum Gasteiger partial charge on any atom is -0.261 e. The van der Waals surface area contributed by atoms with Gasteiger partial charge in [-0.15, -0.1) is 0 Å². The van der Waals surface area contributed by atoms with Crippen LogP contribution in [0.3, 0.4) is 0 Å². The molecule has 62 valence electrons. The summed E-state index contributed by atoms with van der Waals surface area (Å²) in [5, 5.41) is 8.73. The molecule has 1 rings (SSSR count). The molecule has 1 heterocycles. The van der Waals surface area contributed by atoms with Gasteiger partial charge in [0.2, 0.25) is 0 Å². The topological polar surface area (TPSA) is 36.7 Å². The average molecular weight is 160 g/mol. The van der Waals surface area contributed by atoms with Crippen LogP contribution in [0.4, 0.5) is 0 Å². The Hall–Kier alpha value is -1.36. The summed E-state index contributed by atoms with van der Waals surface area (Å²) in [6.07, 6.45) is 3.79. The Morgan fingerprint density at radius 1 is 1.58 bits per heavy atom. The second-order valence-corrected chi connectivity index (χ2v) is 2.85. The third-order valence-electron chi connectivity index (χ3n) is 1.79. The van der Waals surface area contributed by atoms with Gasteiger partial charge in [-0.25, -0.2) is 0 Å². The van der Waals surface area contributed by atoms with E-state index in [4.69, 9.17) is 5.26 Å². The van der Waals surface area contributed by atoms with Crippen LogP contribution >= 0.6 is 0 Å². The normalized spacial score (nSPS) is 9.42. The van der Waals surface area contributed by atoms with Gasteiger partial charge in [0, 0.05) is 11.9 Å². The molecule has 0 saturated heterocycles. The molecule has 0 radical (unpaired) electrons. The van der Waals surface area contributed by atoms with Crippen molar-refractivity contribution in [1.82, 2.24) is 4.98 Å². The van der Waals surface area contributed by atoms with E-state index in [1.165, 1.54) is 0 Å². The highest BCUT2D eigenvalue weighted by Crippen LogP contribution is 2.07. The zero-order valence-corrected chi connectivity index (χ0v) is 7.46. The van der Waals surface area contributed by atoms with Gasteiger partial charge in [0.05, 0.1) is 11.6 Å². The average Bonchev–Trinajstić information content (AvgIpc) is 2.09. The van der Waals surface area contributed by atoms with E-state index in [-0.39, 0.29) is 0 Å². The lowest BCUT2D eigenvalue weighted by Crippen LogP contribution is -1.92. The second-order valence-electron chi connectivity index (χ2n) is 2.85. The van der Waals surface area contributed by atoms with E-state index in [1.807, 2.05) is 13.0 Å². The zero-order valence-electron chi connectivity index (χ0n) is 7.46. The first-order valence-corrected chi connectivity index (χ1v) is 4.13. The summed E-state index contributed by atoms with van der Waals surface area (Å²) in [4.78, 5) is 4.23. The lowest BCUT2D eigenvalue weighted by atomic mass is 10.1. The molecule has 0 aliphatic rings. The minimum atomic E-state index is 0.744. The Bertz CT molecular complexity index is 310. The smallest absolute Gasteiger partial charge is 0.0995 e. The number of rotatable bonds is 2. The number of aryl methyl sites for hydroxylation is 2. The van der Waals surface area contributed by atoms with Gasteiger partial charge in [0.1, 0.15) is 0 Å². The Labute approximate surface area is 72.9 Å². The highest BCUT2D eigenvalue weighted by molar-refractivity contribution is 5.36. The summed E-state index contributed by atoms with van der Waals surface area (Å²) in [7, 11) is 0. The molecule has 0 saturated carbocycles. The Kier molecular flexibility index (Phi) is 2.82. The predicted molar refractivity (Wildman–Crippen MR) is 47.7 cm³/mol. The number of hydrogen-bond acceptors (Lipinski definition) is 2. The van der Waals surface area contributed by atoms with Crippen molar-refractivity contribution in [3.8, 4) is 6.07 Å². The first-order chi connectivity index (χ1) is 5.77. The fourth-order valence-electron chi connectivity index (χ4n) is 1.08. The maximum absolute atomic E-state index is 8.73. The maximum Gasteiger partial charge on any atom is 0.0995 e. The number of aromatic nitrogens is 1. The van der Waals surface area contributed by atoms with Crippen molar-refractivity contribution in [1.29, 1.82) is 5.26 Å². The zero-order chi connectivity index (χ0) is 8.97. The Balaban J connectivity index is 2.99. The van der Waals surface area contributed by atoms with Crippen molar-refractivity contribution in [3.05, 3.63) is 29.1 Å². The Morgan fingerprint density at radius 2 is 2.33 bits per heavy atom. The maximum atomic E-state index is 8.73. The molecule has 0 aromatic carbocycles. The third-order valence-corrected chi connectivity index (χ3v) is 1.79. The molecular formula is C10H12N2. The number of hydrogen-bond donors (Lipinski definition) is 0. The largest absolute Gasteiger partial charge is 0.261 e. The Morgan fingerprint density at radius 3 is 2.92 bits per heavy atom. The summed E-state index contributed by atoms with van der Waals surface area (Å²) in [6, 6.07) is 4.03. The van der Waals surface area contributed by atoms with Crippen LogP contribution in [0.5, 0.6) is 0 Å². The molecule has 0 aliphatic heterocycles. The van der Waals surface area contributed by atoms with Crippen molar-refractivity contribution in [2.75, 3.05) is 0 Å². The molecule has 1 aromatic heterocycles. The summed E-state index contributed by atoms with van der Waals surface area (Å²) in [5.41, 5.74) is 2.71. The molecule has 0 aliphatic carbocycles. The molecular weight excluding hydrogens is 148 g/mol. The molecule has 0 unspecified atom stereocenters. The van der Waals surface area contributed by atoms with Crippen LogP contribution in [-0.4, -0.2) is 4.98 Å². The molecule has 0 amide bonds. The van der Waals surface area contributed by atoms with Gasteiger partial charge >= 0.3 is 0 Å². The third kappa shape index (κ3) is 1.82. The molecule has 0 bridgehead atoms. The standard InChI is InChI=1S/C10H12N2/c1-3-4-10-5-9(6-11)8(2)7-12-10/h5,7H,3-4H2,1-2H3. The van der Waals surface area contributed by atoms with Crippen molar-refractivity contribution in [3.63, 3.8) is 0 Å². The van der Waals surface area contributed by atoms with Crippen molar-refractivity contribution in [2.24, 2.45) is 0 Å². The number of nitriles is 1. The van der Waals surface area contributed by atoms with E-state index in [0.29, 0.717) is 0 Å². The van der Waals surface area contributed by atoms with Gasteiger partial charge in [-0.2, -0.15) is 5.26 Å². The van der Waals surface area contributed by atoms with Gasteiger partial charge < -0.3 is 0 Å². The van der Waals surface area contributed by atoms with E-state index in [1.54, 1.807) is 6.20 Å². The molecule has 0 fully saturated rings. The highest BCUT2D eigenvalue weighted by atomic mass is 14.7. The lowest BCUT2D eigenvalue weighted by molar-refractivity contribution is 0.879. The summed E-state index contributed by atoms with van der Waals surface area (Å²) < 4.78 is 0. The summed E-state index contributed by atoms with van der Waals surface area (Å²) in [6.45, 7) is 4.01. The molecule has 0 N–H and O–H groups in total. The second kappa shape index (κ2) is 3.87. The predicted octanol–water partition coefficient (Wildman–Crippen LogP) is 2.21. The fourth-order valence-corrected chi connectivity index (χ4v) is 1.08. The highest BCUT2D eigenvalue weighted by Gasteiger charge is 1.99. The van der Waals surface area contributed by atoms with E-state index in [2.05, 4.69) is 18.0 Å². The first kappa shape index (κ1) is 8.73. The molecule has 0 spiro atoms. The van der Waals surface area contributed by atoms with E-state index in [0.717, 1.165) is 29.7 Å². The molecule has 2 heteroatoms. The minimum absolute atomic E-state index is 0.744. The first-order valence-electron chi connectivity index (χ1n) is 4.13. The van der Waals surface area contributed by atoms with Gasteiger partial charge in [-0.05, 0) is 25.0 Å². The van der Waals surface area contributed by atoms with Gasteiger partial charge in [-0.1, -0.05) is 13.3 Å². The van der Waals surface area contributed by atoms with Crippen LogP contribution in [0.1, 0.15) is 30.2 Å². The number of nitrogens with zero attached hydrogens (tertiary/aromatic N) is 2. The van der Waals surface area contributed by atoms with Crippen LogP contribution in [0.2, 0.25) is 0 Å². The van der Waals surface area contributed by atoms with E-state index < -0.39 is 0 Å². The SMILES string of the molecule is CCCc1cc(C#N)c(C)cn1. The van der Waals surface area contributed by atoms with Crippen LogP contribution in [0.25, 0.3) is 0 Å². The fraction of sp³-hybridized carbons (Fsp3) is 0.400. The van der Waals surface area contributed by atoms with Crippen LogP contribution < -0.4 is 0 Å². The number of pyridine rings is 1. The molecule has 2 nitrogen and oxygen atoms in total. The molecule has 0 atom stereocenters. The summed E-state index contributed by atoms with van der Waals surface area (Å²) >= 11 is 0. The van der Waals surface area contributed by atoms with Crippen LogP contribution in [-0.2, 0) is 6.42 Å². The van der Waals surface area contributed by atoms with E-state index in [9.17, 15) is 0 Å². The van der Waals surface area contributed by atoms with E-state index >= 15 is 0 Å². The van der Waals surface area contributed by atoms with Crippen molar-refractivity contribution in [2.45, 2.75) is 26.7 Å². The molecule has 12 heavy (non-hydrogen) atoms. The van der Waals surface area contributed by atoms with Crippen molar-refractivity contribution < 1.29 is 0 Å².